The minimum Gasteiger partial charge on any atom is -0.445 e. The van der Waals surface area contributed by atoms with Gasteiger partial charge < -0.3 is 9.84 Å². The largest absolute Gasteiger partial charge is 0.445 e. The predicted molar refractivity (Wildman–Crippen MR) is 67.3 cm³/mol. The van der Waals surface area contributed by atoms with Crippen LogP contribution in [-0.4, -0.2) is 18.4 Å². The summed E-state index contributed by atoms with van der Waals surface area (Å²) in [5.41, 5.74) is 2.56. The summed E-state index contributed by atoms with van der Waals surface area (Å²) < 4.78 is 31.7. The van der Waals surface area contributed by atoms with Gasteiger partial charge in [0.15, 0.2) is 0 Å². The fraction of sp³-hybridized carbons (Fsp3) is 0.200. The first-order valence-corrected chi connectivity index (χ1v) is 6.83. The molecule has 0 aliphatic heterocycles. The van der Waals surface area contributed by atoms with Crippen molar-refractivity contribution in [3.8, 4) is 0 Å². The Morgan fingerprint density at radius 2 is 2.21 bits per heavy atom. The smallest absolute Gasteiger partial charge is 0.244 e. The van der Waals surface area contributed by atoms with Gasteiger partial charge in [-0.1, -0.05) is 0 Å². The summed E-state index contributed by atoms with van der Waals surface area (Å²) in [6, 6.07) is 1.46. The topological polar surface area (TPSA) is 123 Å². The molecule has 0 saturated heterocycles. The zero-order valence-corrected chi connectivity index (χ0v) is 10.9. The summed E-state index contributed by atoms with van der Waals surface area (Å²) in [5, 5.41) is 0. The van der Waals surface area contributed by atoms with E-state index in [0.717, 1.165) is 0 Å². The first-order chi connectivity index (χ1) is 9.03. The molecule has 0 spiro atoms. The number of aromatic nitrogens is 2. The van der Waals surface area contributed by atoms with Gasteiger partial charge in [0.1, 0.15) is 10.7 Å². The average molecular weight is 283 g/mol. The standard InChI is InChI=1S/C10H13N5O3S/c1-7-4-13-10(18-7)6-14-19(16,17)9-5-12-3-2-8(9)15-11/h2-5,14H,6,11H2,1H3,(H,12,15). The molecule has 19 heavy (non-hydrogen) atoms. The lowest BCUT2D eigenvalue weighted by Crippen LogP contribution is -2.25. The van der Waals surface area contributed by atoms with E-state index in [0.29, 0.717) is 5.76 Å². The monoisotopic (exact) mass is 283 g/mol. The molecule has 2 aromatic heterocycles. The summed E-state index contributed by atoms with van der Waals surface area (Å²) >= 11 is 0. The van der Waals surface area contributed by atoms with Gasteiger partial charge in [0.25, 0.3) is 0 Å². The SMILES string of the molecule is Cc1cnc(CNS(=O)(=O)c2cnccc2NN)o1. The lowest BCUT2D eigenvalue weighted by atomic mass is 10.4. The molecule has 0 saturated carbocycles. The maximum absolute atomic E-state index is 12.1. The summed E-state index contributed by atoms with van der Waals surface area (Å²) in [6.45, 7) is 1.68. The summed E-state index contributed by atoms with van der Waals surface area (Å²) in [4.78, 5) is 7.63. The molecule has 0 aliphatic carbocycles. The molecule has 0 unspecified atom stereocenters. The molecule has 0 aliphatic rings. The second kappa shape index (κ2) is 5.34. The molecule has 102 valence electrons. The zero-order valence-electron chi connectivity index (χ0n) is 10.1. The molecular formula is C10H13N5O3S. The Morgan fingerprint density at radius 1 is 1.42 bits per heavy atom. The number of hydrogen-bond acceptors (Lipinski definition) is 7. The van der Waals surface area contributed by atoms with Crippen LogP contribution in [0.15, 0.2) is 34.0 Å². The van der Waals surface area contributed by atoms with Crippen molar-refractivity contribution < 1.29 is 12.8 Å². The highest BCUT2D eigenvalue weighted by molar-refractivity contribution is 7.89. The normalized spacial score (nSPS) is 11.5. The molecule has 0 fully saturated rings. The molecule has 0 bridgehead atoms. The van der Waals surface area contributed by atoms with Gasteiger partial charge in [-0.25, -0.2) is 18.1 Å². The van der Waals surface area contributed by atoms with Crippen LogP contribution in [0.4, 0.5) is 5.69 Å². The third-order valence-electron chi connectivity index (χ3n) is 2.31. The van der Waals surface area contributed by atoms with Gasteiger partial charge in [-0.3, -0.25) is 10.8 Å². The highest BCUT2D eigenvalue weighted by atomic mass is 32.2. The quantitative estimate of drug-likeness (QED) is 0.527. The Kier molecular flexibility index (Phi) is 3.79. The van der Waals surface area contributed by atoms with Gasteiger partial charge in [-0.2, -0.15) is 0 Å². The highest BCUT2D eigenvalue weighted by Crippen LogP contribution is 2.18. The van der Waals surface area contributed by atoms with Crippen molar-refractivity contribution >= 4 is 15.7 Å². The number of nitrogens with one attached hydrogen (secondary N) is 2. The van der Waals surface area contributed by atoms with Gasteiger partial charge in [-0.15, -0.1) is 0 Å². The molecule has 0 atom stereocenters. The van der Waals surface area contributed by atoms with Crippen molar-refractivity contribution in [3.05, 3.63) is 36.3 Å². The lowest BCUT2D eigenvalue weighted by Gasteiger charge is -2.09. The third kappa shape index (κ3) is 3.08. The fourth-order valence-corrected chi connectivity index (χ4v) is 2.52. The number of sulfonamides is 1. The first kappa shape index (κ1) is 13.5. The number of nitrogens with two attached hydrogens (primary N) is 1. The van der Waals surface area contributed by atoms with Crippen molar-refractivity contribution in [2.45, 2.75) is 18.4 Å². The summed E-state index contributed by atoms with van der Waals surface area (Å²) in [6.07, 6.45) is 4.16. The van der Waals surface area contributed by atoms with Gasteiger partial charge in [0, 0.05) is 12.4 Å². The van der Waals surface area contributed by atoms with E-state index in [1.165, 1.54) is 24.7 Å². The van der Waals surface area contributed by atoms with Gasteiger partial charge in [-0.05, 0) is 13.0 Å². The Hall–Kier alpha value is -1.97. The zero-order chi connectivity index (χ0) is 13.9. The predicted octanol–water partition coefficient (Wildman–Crippen LogP) is 0.142. The Bertz CT molecular complexity index is 667. The fourth-order valence-electron chi connectivity index (χ4n) is 1.43. The van der Waals surface area contributed by atoms with Crippen LogP contribution in [0.1, 0.15) is 11.7 Å². The molecule has 9 heteroatoms. The number of hydrazine groups is 1. The van der Waals surface area contributed by atoms with Crippen LogP contribution in [0.2, 0.25) is 0 Å². The summed E-state index contributed by atoms with van der Waals surface area (Å²) in [5.74, 6) is 6.15. The second-order valence-corrected chi connectivity index (χ2v) is 5.44. The van der Waals surface area contributed by atoms with E-state index in [1.54, 1.807) is 6.92 Å². The molecule has 2 rings (SSSR count). The third-order valence-corrected chi connectivity index (χ3v) is 3.74. The molecule has 4 N–H and O–H groups in total. The minimum atomic E-state index is -3.75. The Labute approximate surface area is 110 Å². The summed E-state index contributed by atoms with van der Waals surface area (Å²) in [7, 11) is -3.75. The maximum Gasteiger partial charge on any atom is 0.244 e. The maximum atomic E-state index is 12.1. The Morgan fingerprint density at radius 3 is 2.84 bits per heavy atom. The van der Waals surface area contributed by atoms with E-state index in [-0.39, 0.29) is 23.0 Å². The molecule has 2 aromatic rings. The lowest BCUT2D eigenvalue weighted by molar-refractivity contribution is 0.463. The van der Waals surface area contributed by atoms with Crippen LogP contribution >= 0.6 is 0 Å². The number of pyridine rings is 1. The number of hydrogen-bond donors (Lipinski definition) is 3. The molecule has 0 amide bonds. The molecule has 0 aromatic carbocycles. The first-order valence-electron chi connectivity index (χ1n) is 5.34. The van der Waals surface area contributed by atoms with E-state index in [1.807, 2.05) is 0 Å². The number of aryl methyl sites for hydroxylation is 1. The average Bonchev–Trinajstić information content (AvgIpc) is 2.82. The van der Waals surface area contributed by atoms with Crippen molar-refractivity contribution in [2.24, 2.45) is 5.84 Å². The van der Waals surface area contributed by atoms with Crippen LogP contribution in [0.3, 0.4) is 0 Å². The van der Waals surface area contributed by atoms with Gasteiger partial charge in [0.2, 0.25) is 15.9 Å². The van der Waals surface area contributed by atoms with E-state index in [2.05, 4.69) is 20.1 Å². The van der Waals surface area contributed by atoms with Crippen LogP contribution in [0.25, 0.3) is 0 Å². The Balaban J connectivity index is 2.18. The van der Waals surface area contributed by atoms with Crippen molar-refractivity contribution in [3.63, 3.8) is 0 Å². The molecular weight excluding hydrogens is 270 g/mol. The molecule has 8 nitrogen and oxygen atoms in total. The number of nitrogen functional groups attached to an aromatic ring is 1. The van der Waals surface area contributed by atoms with Crippen LogP contribution in [0.5, 0.6) is 0 Å². The molecule has 2 heterocycles. The molecule has 0 radical (unpaired) electrons. The van der Waals surface area contributed by atoms with E-state index < -0.39 is 10.0 Å². The highest BCUT2D eigenvalue weighted by Gasteiger charge is 2.19. The number of nitrogens with zero attached hydrogens (tertiary/aromatic N) is 2. The second-order valence-electron chi connectivity index (χ2n) is 3.71. The van der Waals surface area contributed by atoms with Crippen LogP contribution in [-0.2, 0) is 16.6 Å². The number of rotatable bonds is 5. The van der Waals surface area contributed by atoms with Crippen molar-refractivity contribution in [1.82, 2.24) is 14.7 Å². The van der Waals surface area contributed by atoms with Gasteiger partial charge in [0.05, 0.1) is 18.4 Å². The van der Waals surface area contributed by atoms with E-state index in [9.17, 15) is 8.42 Å². The van der Waals surface area contributed by atoms with E-state index >= 15 is 0 Å². The van der Waals surface area contributed by atoms with Crippen LogP contribution in [0, 0.1) is 6.92 Å². The minimum absolute atomic E-state index is 0.0409. The van der Waals surface area contributed by atoms with Crippen LogP contribution < -0.4 is 16.0 Å². The van der Waals surface area contributed by atoms with E-state index in [4.69, 9.17) is 10.3 Å². The van der Waals surface area contributed by atoms with Gasteiger partial charge >= 0.3 is 0 Å². The number of anilines is 1. The number of oxazole rings is 1. The van der Waals surface area contributed by atoms with Crippen molar-refractivity contribution in [1.29, 1.82) is 0 Å². The van der Waals surface area contributed by atoms with Crippen molar-refractivity contribution in [2.75, 3.05) is 5.43 Å².